The predicted octanol–water partition coefficient (Wildman–Crippen LogP) is 3.39. The van der Waals surface area contributed by atoms with Gasteiger partial charge in [0.05, 0.1) is 4.92 Å². The second-order valence-electron chi connectivity index (χ2n) is 3.25. The number of nitrogens with zero attached hydrogens (tertiary/aromatic N) is 1. The van der Waals surface area contributed by atoms with Crippen molar-refractivity contribution in [3.8, 4) is 0 Å². The summed E-state index contributed by atoms with van der Waals surface area (Å²) in [7, 11) is 0. The van der Waals surface area contributed by atoms with E-state index >= 15 is 0 Å². The maximum absolute atomic E-state index is 10.6. The lowest BCUT2D eigenvalue weighted by molar-refractivity contribution is -0.384. The van der Waals surface area contributed by atoms with E-state index in [0.29, 0.717) is 0 Å². The highest BCUT2D eigenvalue weighted by atomic mass is 16.6. The minimum Gasteiger partial charge on any atom is -0.258 e. The van der Waals surface area contributed by atoms with E-state index in [9.17, 15) is 10.1 Å². The molecule has 2 aromatic rings. The summed E-state index contributed by atoms with van der Waals surface area (Å²) in [5.41, 5.74) is 1.13. The van der Waals surface area contributed by atoms with Crippen LogP contribution in [0.2, 0.25) is 0 Å². The van der Waals surface area contributed by atoms with Gasteiger partial charge in [-0.3, -0.25) is 10.1 Å². The van der Waals surface area contributed by atoms with Crippen LogP contribution in [0.5, 0.6) is 0 Å². The van der Waals surface area contributed by atoms with Crippen molar-refractivity contribution in [3.05, 3.63) is 58.7 Å². The van der Waals surface area contributed by atoms with Gasteiger partial charge in [0, 0.05) is 12.1 Å². The first-order chi connectivity index (χ1) is 7.20. The van der Waals surface area contributed by atoms with Gasteiger partial charge in [0.2, 0.25) is 0 Å². The summed E-state index contributed by atoms with van der Waals surface area (Å²) in [6.45, 7) is 3.68. The summed E-state index contributed by atoms with van der Waals surface area (Å²) < 4.78 is 0. The SMILES string of the molecule is C=Cc1ccc2cc([N+](=O)[O-])ccc2c1. The van der Waals surface area contributed by atoms with Crippen molar-refractivity contribution in [3.63, 3.8) is 0 Å². The first kappa shape index (κ1) is 9.40. The van der Waals surface area contributed by atoms with Gasteiger partial charge in [0.1, 0.15) is 0 Å². The van der Waals surface area contributed by atoms with Crippen molar-refractivity contribution in [1.29, 1.82) is 0 Å². The van der Waals surface area contributed by atoms with E-state index in [-0.39, 0.29) is 10.6 Å². The van der Waals surface area contributed by atoms with Crippen LogP contribution in [-0.4, -0.2) is 4.92 Å². The average molecular weight is 199 g/mol. The van der Waals surface area contributed by atoms with E-state index in [1.807, 2.05) is 18.2 Å². The monoisotopic (exact) mass is 199 g/mol. The Balaban J connectivity index is 2.64. The standard InChI is InChI=1S/C12H9NO2/c1-2-9-3-4-11-8-12(13(14)15)6-5-10(11)7-9/h2-8H,1H2. The van der Waals surface area contributed by atoms with Crippen LogP contribution in [0, 0.1) is 10.1 Å². The van der Waals surface area contributed by atoms with Crippen molar-refractivity contribution >= 4 is 22.5 Å². The minimum atomic E-state index is -0.388. The molecule has 0 fully saturated rings. The van der Waals surface area contributed by atoms with E-state index in [2.05, 4.69) is 6.58 Å². The zero-order valence-electron chi connectivity index (χ0n) is 8.01. The summed E-state index contributed by atoms with van der Waals surface area (Å²) in [5.74, 6) is 0. The Morgan fingerprint density at radius 1 is 1.13 bits per heavy atom. The van der Waals surface area contributed by atoms with Crippen LogP contribution in [0.15, 0.2) is 43.0 Å². The number of non-ortho nitro benzene ring substituents is 1. The number of nitro groups is 1. The van der Waals surface area contributed by atoms with Gasteiger partial charge in [-0.15, -0.1) is 0 Å². The third-order valence-corrected chi connectivity index (χ3v) is 2.29. The zero-order valence-corrected chi connectivity index (χ0v) is 8.01. The molecule has 0 aliphatic carbocycles. The molecule has 0 unspecified atom stereocenters. The first-order valence-corrected chi connectivity index (χ1v) is 4.51. The van der Waals surface area contributed by atoms with Crippen molar-refractivity contribution in [1.82, 2.24) is 0 Å². The zero-order chi connectivity index (χ0) is 10.8. The smallest absolute Gasteiger partial charge is 0.258 e. The summed E-state index contributed by atoms with van der Waals surface area (Å²) in [6.07, 6.45) is 1.75. The van der Waals surface area contributed by atoms with Crippen LogP contribution < -0.4 is 0 Å². The van der Waals surface area contributed by atoms with E-state index < -0.39 is 0 Å². The van der Waals surface area contributed by atoms with Gasteiger partial charge in [0.15, 0.2) is 0 Å². The molecule has 0 bridgehead atoms. The van der Waals surface area contributed by atoms with Gasteiger partial charge in [0.25, 0.3) is 5.69 Å². The van der Waals surface area contributed by atoms with E-state index in [1.165, 1.54) is 6.07 Å². The average Bonchev–Trinajstić information content (AvgIpc) is 2.27. The Labute approximate surface area is 86.8 Å². The summed E-state index contributed by atoms with van der Waals surface area (Å²) in [5, 5.41) is 12.4. The first-order valence-electron chi connectivity index (χ1n) is 4.51. The van der Waals surface area contributed by atoms with Gasteiger partial charge < -0.3 is 0 Å². The van der Waals surface area contributed by atoms with E-state index in [4.69, 9.17) is 0 Å². The Morgan fingerprint density at radius 3 is 2.47 bits per heavy atom. The highest BCUT2D eigenvalue weighted by Gasteiger charge is 2.05. The molecule has 0 aliphatic heterocycles. The Kier molecular flexibility index (Phi) is 2.21. The van der Waals surface area contributed by atoms with Crippen LogP contribution in [-0.2, 0) is 0 Å². The van der Waals surface area contributed by atoms with Crippen molar-refractivity contribution < 1.29 is 4.92 Å². The fraction of sp³-hybridized carbons (Fsp3) is 0. The molecule has 3 heteroatoms. The largest absolute Gasteiger partial charge is 0.270 e. The van der Waals surface area contributed by atoms with Crippen LogP contribution >= 0.6 is 0 Å². The maximum atomic E-state index is 10.6. The Hall–Kier alpha value is -2.16. The van der Waals surface area contributed by atoms with Crippen LogP contribution in [0.25, 0.3) is 16.8 Å². The minimum absolute atomic E-state index is 0.119. The van der Waals surface area contributed by atoms with Crippen molar-refractivity contribution in [2.45, 2.75) is 0 Å². The van der Waals surface area contributed by atoms with Crippen LogP contribution in [0.3, 0.4) is 0 Å². The third kappa shape index (κ3) is 1.72. The Morgan fingerprint density at radius 2 is 1.80 bits per heavy atom. The molecule has 0 saturated heterocycles. The molecule has 0 saturated carbocycles. The number of hydrogen-bond donors (Lipinski definition) is 0. The highest BCUT2D eigenvalue weighted by molar-refractivity contribution is 5.86. The number of rotatable bonds is 2. The lowest BCUT2D eigenvalue weighted by atomic mass is 10.1. The summed E-state index contributed by atoms with van der Waals surface area (Å²) in [4.78, 5) is 10.2. The van der Waals surface area contributed by atoms with Gasteiger partial charge in [-0.05, 0) is 28.5 Å². The second kappa shape index (κ2) is 3.53. The fourth-order valence-corrected chi connectivity index (χ4v) is 1.49. The summed E-state index contributed by atoms with van der Waals surface area (Å²) >= 11 is 0. The molecule has 0 heterocycles. The van der Waals surface area contributed by atoms with E-state index in [1.54, 1.807) is 18.2 Å². The van der Waals surface area contributed by atoms with Gasteiger partial charge >= 0.3 is 0 Å². The summed E-state index contributed by atoms with van der Waals surface area (Å²) in [6, 6.07) is 10.5. The molecular formula is C12H9NO2. The molecule has 3 nitrogen and oxygen atoms in total. The number of nitro benzene ring substituents is 1. The fourth-order valence-electron chi connectivity index (χ4n) is 1.49. The van der Waals surface area contributed by atoms with Crippen molar-refractivity contribution in [2.24, 2.45) is 0 Å². The van der Waals surface area contributed by atoms with Crippen LogP contribution in [0.4, 0.5) is 5.69 Å². The maximum Gasteiger partial charge on any atom is 0.270 e. The lowest BCUT2D eigenvalue weighted by Gasteiger charge is -1.99. The molecule has 0 amide bonds. The normalized spacial score (nSPS) is 10.1. The number of fused-ring (bicyclic) bond motifs is 1. The molecule has 0 aliphatic rings. The molecule has 0 aromatic heterocycles. The van der Waals surface area contributed by atoms with Crippen LogP contribution in [0.1, 0.15) is 5.56 Å². The lowest BCUT2D eigenvalue weighted by Crippen LogP contribution is -1.87. The second-order valence-corrected chi connectivity index (χ2v) is 3.25. The molecular weight excluding hydrogens is 190 g/mol. The van der Waals surface area contributed by atoms with Gasteiger partial charge in [-0.2, -0.15) is 0 Å². The predicted molar refractivity (Wildman–Crippen MR) is 60.7 cm³/mol. The molecule has 2 rings (SSSR count). The molecule has 0 N–H and O–H groups in total. The quantitative estimate of drug-likeness (QED) is 0.549. The van der Waals surface area contributed by atoms with E-state index in [0.717, 1.165) is 16.3 Å². The molecule has 15 heavy (non-hydrogen) atoms. The van der Waals surface area contributed by atoms with Crippen molar-refractivity contribution in [2.75, 3.05) is 0 Å². The number of benzene rings is 2. The molecule has 0 radical (unpaired) electrons. The van der Waals surface area contributed by atoms with Gasteiger partial charge in [-0.25, -0.2) is 0 Å². The molecule has 2 aromatic carbocycles. The Bertz CT molecular complexity index is 546. The molecule has 74 valence electrons. The molecule has 0 atom stereocenters. The number of hydrogen-bond acceptors (Lipinski definition) is 2. The highest BCUT2D eigenvalue weighted by Crippen LogP contribution is 2.22. The molecule has 0 spiro atoms. The van der Waals surface area contributed by atoms with Gasteiger partial charge in [-0.1, -0.05) is 24.8 Å². The third-order valence-electron chi connectivity index (χ3n) is 2.29. The topological polar surface area (TPSA) is 43.1 Å².